The topological polar surface area (TPSA) is 153 Å². The van der Waals surface area contributed by atoms with Gasteiger partial charge in [-0.2, -0.15) is 0 Å². The minimum atomic E-state index is -1.18. The Hall–Kier alpha value is -3.53. The van der Waals surface area contributed by atoms with Gasteiger partial charge in [-0.3, -0.25) is 14.9 Å². The van der Waals surface area contributed by atoms with Crippen LogP contribution in [0, 0.1) is 6.92 Å². The van der Waals surface area contributed by atoms with Crippen LogP contribution in [0.4, 0.5) is 0 Å². The largest absolute Gasteiger partial charge is 0.480 e. The van der Waals surface area contributed by atoms with Crippen molar-refractivity contribution in [3.05, 3.63) is 94.0 Å². The van der Waals surface area contributed by atoms with Crippen LogP contribution >= 0.6 is 11.6 Å². The molecule has 0 aliphatic rings. The summed E-state index contributed by atoms with van der Waals surface area (Å²) in [5.74, 6) is -2.27. The van der Waals surface area contributed by atoms with Crippen molar-refractivity contribution < 1.29 is 30.0 Å². The fourth-order valence-corrected chi connectivity index (χ4v) is 3.58. The van der Waals surface area contributed by atoms with Gasteiger partial charge >= 0.3 is 11.9 Å². The van der Waals surface area contributed by atoms with Gasteiger partial charge in [0.2, 0.25) is 0 Å². The SMILES string of the molecule is Cc1c(/C=C/c2ccc(CNC(CO)C(=O)O)cc2Cl)cccc1-c1ccccc1.NC(CO)C(=O)O. The summed E-state index contributed by atoms with van der Waals surface area (Å²) >= 11 is 6.43. The highest BCUT2D eigenvalue weighted by Crippen LogP contribution is 2.27. The Labute approximate surface area is 220 Å². The first kappa shape index (κ1) is 29.7. The van der Waals surface area contributed by atoms with Crippen LogP contribution in [-0.4, -0.2) is 57.7 Å². The van der Waals surface area contributed by atoms with Crippen molar-refractivity contribution in [2.24, 2.45) is 5.73 Å². The van der Waals surface area contributed by atoms with Gasteiger partial charge in [-0.1, -0.05) is 84.4 Å². The quantitative estimate of drug-likeness (QED) is 0.220. The normalized spacial score (nSPS) is 12.5. The van der Waals surface area contributed by atoms with Gasteiger partial charge in [0.15, 0.2) is 0 Å². The lowest BCUT2D eigenvalue weighted by Crippen LogP contribution is -2.39. The van der Waals surface area contributed by atoms with Crippen molar-refractivity contribution in [2.75, 3.05) is 13.2 Å². The minimum Gasteiger partial charge on any atom is -0.480 e. The highest BCUT2D eigenvalue weighted by Gasteiger charge is 2.15. The molecular weight excluding hydrogens is 496 g/mol. The molecular formula is C28H31ClN2O6. The Bertz CT molecular complexity index is 1220. The summed E-state index contributed by atoms with van der Waals surface area (Å²) in [6.45, 7) is 1.44. The maximum absolute atomic E-state index is 11.0. The first-order valence-corrected chi connectivity index (χ1v) is 11.8. The van der Waals surface area contributed by atoms with Crippen LogP contribution in [0.2, 0.25) is 5.02 Å². The van der Waals surface area contributed by atoms with Crippen LogP contribution in [0.5, 0.6) is 0 Å². The molecule has 2 atom stereocenters. The molecule has 0 aromatic heterocycles. The zero-order chi connectivity index (χ0) is 27.4. The molecule has 0 saturated carbocycles. The van der Waals surface area contributed by atoms with E-state index in [1.54, 1.807) is 6.07 Å². The second kappa shape index (κ2) is 14.9. The fourth-order valence-electron chi connectivity index (χ4n) is 3.31. The van der Waals surface area contributed by atoms with E-state index >= 15 is 0 Å². The molecule has 196 valence electrons. The highest BCUT2D eigenvalue weighted by molar-refractivity contribution is 6.32. The lowest BCUT2D eigenvalue weighted by molar-refractivity contribution is -0.141. The maximum Gasteiger partial charge on any atom is 0.323 e. The molecule has 3 aromatic rings. The molecule has 0 heterocycles. The summed E-state index contributed by atoms with van der Waals surface area (Å²) < 4.78 is 0. The molecule has 37 heavy (non-hydrogen) atoms. The summed E-state index contributed by atoms with van der Waals surface area (Å²) in [6.07, 6.45) is 4.03. The molecule has 9 heteroatoms. The van der Waals surface area contributed by atoms with E-state index in [4.69, 9.17) is 37.8 Å². The van der Waals surface area contributed by atoms with Crippen LogP contribution in [-0.2, 0) is 16.1 Å². The predicted molar refractivity (Wildman–Crippen MR) is 145 cm³/mol. The van der Waals surface area contributed by atoms with Gasteiger partial charge in [0.05, 0.1) is 13.2 Å². The molecule has 0 fully saturated rings. The van der Waals surface area contributed by atoms with Crippen molar-refractivity contribution in [2.45, 2.75) is 25.6 Å². The third-order valence-electron chi connectivity index (χ3n) is 5.51. The van der Waals surface area contributed by atoms with E-state index in [0.29, 0.717) is 11.6 Å². The molecule has 0 radical (unpaired) electrons. The molecule has 0 bridgehead atoms. The number of carboxylic acid groups (broad SMARTS) is 2. The number of halogens is 1. The highest BCUT2D eigenvalue weighted by atomic mass is 35.5. The van der Waals surface area contributed by atoms with Gasteiger partial charge in [0.25, 0.3) is 0 Å². The third-order valence-corrected chi connectivity index (χ3v) is 5.84. The van der Waals surface area contributed by atoms with Gasteiger partial charge in [-0.15, -0.1) is 0 Å². The molecule has 7 N–H and O–H groups in total. The third kappa shape index (κ3) is 9.13. The zero-order valence-corrected chi connectivity index (χ0v) is 21.1. The minimum absolute atomic E-state index is 0.305. The number of aliphatic carboxylic acids is 2. The van der Waals surface area contributed by atoms with Crippen LogP contribution in [0.1, 0.15) is 22.3 Å². The molecule has 3 aromatic carbocycles. The first-order chi connectivity index (χ1) is 17.7. The molecule has 8 nitrogen and oxygen atoms in total. The van der Waals surface area contributed by atoms with Crippen molar-refractivity contribution >= 4 is 35.7 Å². The molecule has 0 aliphatic heterocycles. The second-order valence-electron chi connectivity index (χ2n) is 8.16. The van der Waals surface area contributed by atoms with Crippen LogP contribution in [0.15, 0.2) is 66.7 Å². The Kier molecular flexibility index (Phi) is 12.0. The van der Waals surface area contributed by atoms with E-state index in [1.165, 1.54) is 16.7 Å². The summed E-state index contributed by atoms with van der Waals surface area (Å²) in [7, 11) is 0. The summed E-state index contributed by atoms with van der Waals surface area (Å²) in [4.78, 5) is 20.6. The predicted octanol–water partition coefficient (Wildman–Crippen LogP) is 3.41. The number of hydrogen-bond donors (Lipinski definition) is 6. The number of aliphatic hydroxyl groups is 2. The van der Waals surface area contributed by atoms with Crippen LogP contribution in [0.3, 0.4) is 0 Å². The monoisotopic (exact) mass is 526 g/mol. The lowest BCUT2D eigenvalue weighted by Gasteiger charge is -2.12. The summed E-state index contributed by atoms with van der Waals surface area (Å²) in [5, 5.41) is 37.3. The Morgan fingerprint density at radius 1 is 0.919 bits per heavy atom. The van der Waals surface area contributed by atoms with Gasteiger partial charge in [-0.05, 0) is 46.4 Å². The standard InChI is InChI=1S/C25H24ClNO3.C3H7NO3/c1-17-19(8-5-9-22(17)20-6-3-2-4-7-20)12-13-21-11-10-18(14-23(21)26)15-27-24(16-28)25(29)30;4-2(1-5)3(6)7/h2-14,24,27-28H,15-16H2,1H3,(H,29,30);2,5H,1,4H2,(H,6,7)/b13-12+;. The smallest absolute Gasteiger partial charge is 0.323 e. The van der Waals surface area contributed by atoms with Gasteiger partial charge in [0.1, 0.15) is 12.1 Å². The molecule has 0 spiro atoms. The fraction of sp³-hybridized carbons (Fsp3) is 0.214. The van der Waals surface area contributed by atoms with Gasteiger partial charge in [-0.25, -0.2) is 0 Å². The summed E-state index contributed by atoms with van der Waals surface area (Å²) in [5.41, 5.74) is 11.2. The van der Waals surface area contributed by atoms with E-state index < -0.39 is 37.2 Å². The maximum atomic E-state index is 11.0. The number of nitrogens with two attached hydrogens (primary N) is 1. The molecule has 0 amide bonds. The number of carbonyl (C=O) groups is 2. The van der Waals surface area contributed by atoms with E-state index in [2.05, 4.69) is 36.5 Å². The van der Waals surface area contributed by atoms with E-state index in [0.717, 1.165) is 16.7 Å². The number of carboxylic acids is 2. The number of hydrogen-bond acceptors (Lipinski definition) is 6. The van der Waals surface area contributed by atoms with E-state index in [9.17, 15) is 9.59 Å². The first-order valence-electron chi connectivity index (χ1n) is 11.5. The lowest BCUT2D eigenvalue weighted by atomic mass is 9.96. The van der Waals surface area contributed by atoms with Crippen LogP contribution in [0.25, 0.3) is 23.3 Å². The average molecular weight is 527 g/mol. The Morgan fingerprint density at radius 3 is 2.14 bits per heavy atom. The number of rotatable bonds is 10. The molecule has 0 saturated heterocycles. The number of benzene rings is 3. The van der Waals surface area contributed by atoms with Crippen LogP contribution < -0.4 is 11.1 Å². The van der Waals surface area contributed by atoms with Crippen molar-refractivity contribution in [1.82, 2.24) is 5.32 Å². The number of aliphatic hydroxyl groups excluding tert-OH is 2. The molecule has 2 unspecified atom stereocenters. The molecule has 0 aliphatic carbocycles. The van der Waals surface area contributed by atoms with Gasteiger partial charge in [0, 0.05) is 11.6 Å². The van der Waals surface area contributed by atoms with Gasteiger partial charge < -0.3 is 26.2 Å². The van der Waals surface area contributed by atoms with E-state index in [1.807, 2.05) is 48.6 Å². The summed E-state index contributed by atoms with van der Waals surface area (Å²) in [6, 6.07) is 20.0. The average Bonchev–Trinajstić information content (AvgIpc) is 2.89. The molecule has 3 rings (SSSR count). The number of nitrogens with one attached hydrogen (secondary N) is 1. The Morgan fingerprint density at radius 2 is 1.59 bits per heavy atom. The van der Waals surface area contributed by atoms with Crippen molar-refractivity contribution in [3.8, 4) is 11.1 Å². The van der Waals surface area contributed by atoms with Crippen molar-refractivity contribution in [3.63, 3.8) is 0 Å². The van der Waals surface area contributed by atoms with E-state index in [-0.39, 0.29) is 0 Å². The zero-order valence-electron chi connectivity index (χ0n) is 20.3. The Balaban J connectivity index is 0.000000604. The second-order valence-corrected chi connectivity index (χ2v) is 8.56. The van der Waals surface area contributed by atoms with Crippen molar-refractivity contribution in [1.29, 1.82) is 0 Å².